The van der Waals surface area contributed by atoms with Crippen LogP contribution in [0.2, 0.25) is 0 Å². The number of nitrogens with two attached hydrogens (primary N) is 1. The van der Waals surface area contributed by atoms with Crippen molar-refractivity contribution in [1.29, 1.82) is 0 Å². The minimum Gasteiger partial charge on any atom is -0.387 e. The van der Waals surface area contributed by atoms with Crippen molar-refractivity contribution in [3.05, 3.63) is 16.1 Å². The van der Waals surface area contributed by atoms with Crippen LogP contribution in [0.5, 0.6) is 0 Å². The van der Waals surface area contributed by atoms with Gasteiger partial charge in [0.15, 0.2) is 0 Å². The molecule has 0 radical (unpaired) electrons. The van der Waals surface area contributed by atoms with Crippen LogP contribution >= 0.6 is 11.3 Å². The van der Waals surface area contributed by atoms with E-state index in [9.17, 15) is 5.11 Å². The Hall–Kier alpha value is -0.490. The zero-order valence-electron chi connectivity index (χ0n) is 9.90. The number of methoxy groups -OCH3 is 1. The predicted molar refractivity (Wildman–Crippen MR) is 65.7 cm³/mol. The number of aliphatic hydroxyl groups is 1. The van der Waals surface area contributed by atoms with E-state index in [4.69, 9.17) is 10.5 Å². The Bertz CT molecular complexity index is 317. The lowest BCUT2D eigenvalue weighted by atomic mass is 9.93. The number of nitrogens with zero attached hydrogens (tertiary/aromatic N) is 1. The SMILES string of the molecule is COCC(O)(CCCN)Cc1csc(C)n1. The molecule has 0 bridgehead atoms. The molecule has 16 heavy (non-hydrogen) atoms. The zero-order chi connectivity index (χ0) is 12.0. The average Bonchev–Trinajstić information content (AvgIpc) is 2.61. The summed E-state index contributed by atoms with van der Waals surface area (Å²) in [6.07, 6.45) is 1.97. The molecule has 0 aliphatic rings. The normalized spacial score (nSPS) is 15.0. The lowest BCUT2D eigenvalue weighted by Crippen LogP contribution is -2.37. The van der Waals surface area contributed by atoms with Crippen LogP contribution in [0.4, 0.5) is 0 Å². The number of thiazole rings is 1. The van der Waals surface area contributed by atoms with E-state index in [-0.39, 0.29) is 0 Å². The second-order valence-electron chi connectivity index (χ2n) is 4.08. The van der Waals surface area contributed by atoms with E-state index in [1.54, 1.807) is 18.4 Å². The summed E-state index contributed by atoms with van der Waals surface area (Å²) in [5.74, 6) is 0. The van der Waals surface area contributed by atoms with E-state index in [1.165, 1.54) is 0 Å². The highest BCUT2D eigenvalue weighted by Crippen LogP contribution is 2.20. The van der Waals surface area contributed by atoms with Crippen molar-refractivity contribution in [2.45, 2.75) is 31.8 Å². The van der Waals surface area contributed by atoms with Gasteiger partial charge in [-0.3, -0.25) is 0 Å². The third-order valence-electron chi connectivity index (χ3n) is 2.44. The summed E-state index contributed by atoms with van der Waals surface area (Å²) < 4.78 is 5.07. The summed E-state index contributed by atoms with van der Waals surface area (Å²) in [7, 11) is 1.60. The number of hydrogen-bond acceptors (Lipinski definition) is 5. The number of hydrogen-bond donors (Lipinski definition) is 2. The first-order chi connectivity index (χ1) is 7.59. The van der Waals surface area contributed by atoms with Crippen molar-refractivity contribution in [2.24, 2.45) is 5.73 Å². The highest BCUT2D eigenvalue weighted by atomic mass is 32.1. The van der Waals surface area contributed by atoms with Gasteiger partial charge in [-0.1, -0.05) is 0 Å². The van der Waals surface area contributed by atoms with Gasteiger partial charge in [-0.2, -0.15) is 0 Å². The van der Waals surface area contributed by atoms with Gasteiger partial charge in [-0.15, -0.1) is 11.3 Å². The summed E-state index contributed by atoms with van der Waals surface area (Å²) in [6, 6.07) is 0. The summed E-state index contributed by atoms with van der Waals surface area (Å²) in [5, 5.41) is 13.4. The number of aromatic nitrogens is 1. The Balaban J connectivity index is 2.62. The first-order valence-corrected chi connectivity index (χ1v) is 6.30. The van der Waals surface area contributed by atoms with Crippen LogP contribution in [0, 0.1) is 6.92 Å². The largest absolute Gasteiger partial charge is 0.387 e. The molecule has 1 atom stereocenters. The van der Waals surface area contributed by atoms with Gasteiger partial charge in [0.2, 0.25) is 0 Å². The van der Waals surface area contributed by atoms with Gasteiger partial charge in [0, 0.05) is 18.9 Å². The molecular formula is C11H20N2O2S. The molecule has 0 spiro atoms. The minimum absolute atomic E-state index is 0.323. The molecule has 1 heterocycles. The van der Waals surface area contributed by atoms with Crippen LogP contribution < -0.4 is 5.73 Å². The van der Waals surface area contributed by atoms with Crippen LogP contribution in [0.1, 0.15) is 23.5 Å². The zero-order valence-corrected chi connectivity index (χ0v) is 10.7. The second kappa shape index (κ2) is 6.30. The molecule has 3 N–H and O–H groups in total. The fourth-order valence-electron chi connectivity index (χ4n) is 1.74. The molecule has 0 saturated carbocycles. The van der Waals surface area contributed by atoms with E-state index in [0.29, 0.717) is 26.0 Å². The molecule has 0 aliphatic carbocycles. The summed E-state index contributed by atoms with van der Waals surface area (Å²) in [6.45, 7) is 2.87. The first kappa shape index (κ1) is 13.6. The molecule has 1 rings (SSSR count). The molecular weight excluding hydrogens is 224 g/mol. The fraction of sp³-hybridized carbons (Fsp3) is 0.727. The first-order valence-electron chi connectivity index (χ1n) is 5.42. The van der Waals surface area contributed by atoms with Crippen molar-refractivity contribution in [2.75, 3.05) is 20.3 Å². The Labute approximate surface area is 100 Å². The standard InChI is InChI=1S/C11H20N2O2S/c1-9-13-10(7-16-9)6-11(14,8-15-2)4-3-5-12/h7,14H,3-6,8,12H2,1-2H3. The Morgan fingerprint density at radius 2 is 2.38 bits per heavy atom. The monoisotopic (exact) mass is 244 g/mol. The van der Waals surface area contributed by atoms with Crippen molar-refractivity contribution in [1.82, 2.24) is 4.98 Å². The molecule has 0 aromatic carbocycles. The van der Waals surface area contributed by atoms with E-state index in [1.807, 2.05) is 12.3 Å². The van der Waals surface area contributed by atoms with Gasteiger partial charge in [0.1, 0.15) is 0 Å². The predicted octanol–water partition coefficient (Wildman–Crippen LogP) is 1.11. The molecule has 0 amide bonds. The van der Waals surface area contributed by atoms with E-state index >= 15 is 0 Å². The van der Waals surface area contributed by atoms with Crippen molar-refractivity contribution in [3.63, 3.8) is 0 Å². The molecule has 4 nitrogen and oxygen atoms in total. The van der Waals surface area contributed by atoms with Gasteiger partial charge >= 0.3 is 0 Å². The maximum atomic E-state index is 10.4. The average molecular weight is 244 g/mol. The van der Waals surface area contributed by atoms with Gasteiger partial charge in [-0.05, 0) is 26.3 Å². The van der Waals surface area contributed by atoms with E-state index in [0.717, 1.165) is 17.1 Å². The van der Waals surface area contributed by atoms with E-state index in [2.05, 4.69) is 4.98 Å². The van der Waals surface area contributed by atoms with Crippen molar-refractivity contribution < 1.29 is 9.84 Å². The van der Waals surface area contributed by atoms with Crippen LogP contribution in [0.15, 0.2) is 5.38 Å². The highest BCUT2D eigenvalue weighted by Gasteiger charge is 2.27. The molecule has 1 unspecified atom stereocenters. The maximum absolute atomic E-state index is 10.4. The molecule has 5 heteroatoms. The van der Waals surface area contributed by atoms with E-state index < -0.39 is 5.60 Å². The van der Waals surface area contributed by atoms with Gasteiger partial charge in [-0.25, -0.2) is 4.98 Å². The Morgan fingerprint density at radius 3 is 2.88 bits per heavy atom. The van der Waals surface area contributed by atoms with Gasteiger partial charge in [0.25, 0.3) is 0 Å². The van der Waals surface area contributed by atoms with Crippen molar-refractivity contribution in [3.8, 4) is 0 Å². The number of aryl methyl sites for hydroxylation is 1. The molecule has 92 valence electrons. The molecule has 1 aromatic heterocycles. The number of rotatable bonds is 7. The minimum atomic E-state index is -0.839. The Morgan fingerprint density at radius 1 is 1.62 bits per heavy atom. The molecule has 0 aliphatic heterocycles. The summed E-state index contributed by atoms with van der Waals surface area (Å²) in [4.78, 5) is 4.36. The lowest BCUT2D eigenvalue weighted by Gasteiger charge is -2.26. The fourth-order valence-corrected chi connectivity index (χ4v) is 2.35. The molecule has 1 aromatic rings. The maximum Gasteiger partial charge on any atom is 0.0935 e. The van der Waals surface area contributed by atoms with Crippen molar-refractivity contribution >= 4 is 11.3 Å². The van der Waals surface area contributed by atoms with Gasteiger partial charge in [0.05, 0.1) is 22.9 Å². The topological polar surface area (TPSA) is 68.4 Å². The third-order valence-corrected chi connectivity index (χ3v) is 3.26. The van der Waals surface area contributed by atoms with Crippen LogP contribution in [-0.4, -0.2) is 36.0 Å². The molecule has 0 fully saturated rings. The second-order valence-corrected chi connectivity index (χ2v) is 5.15. The highest BCUT2D eigenvalue weighted by molar-refractivity contribution is 7.09. The third kappa shape index (κ3) is 4.17. The Kier molecular flexibility index (Phi) is 5.34. The van der Waals surface area contributed by atoms with Gasteiger partial charge < -0.3 is 15.6 Å². The lowest BCUT2D eigenvalue weighted by molar-refractivity contribution is -0.0380. The van der Waals surface area contributed by atoms with Crippen LogP contribution in [0.25, 0.3) is 0 Å². The quantitative estimate of drug-likeness (QED) is 0.754. The molecule has 0 saturated heterocycles. The van der Waals surface area contributed by atoms with Crippen LogP contribution in [0.3, 0.4) is 0 Å². The van der Waals surface area contributed by atoms with Crippen LogP contribution in [-0.2, 0) is 11.2 Å². The summed E-state index contributed by atoms with van der Waals surface area (Å²) in [5.41, 5.74) is 5.55. The summed E-state index contributed by atoms with van der Waals surface area (Å²) >= 11 is 1.60. The smallest absolute Gasteiger partial charge is 0.0935 e. The number of ether oxygens (including phenoxy) is 1.